The maximum atomic E-state index is 12.0. The highest BCUT2D eigenvalue weighted by Crippen LogP contribution is 2.27. The summed E-state index contributed by atoms with van der Waals surface area (Å²) in [5.41, 5.74) is 1.51. The molecule has 0 aliphatic rings. The topological polar surface area (TPSA) is 111 Å². The predicted molar refractivity (Wildman–Crippen MR) is 96.3 cm³/mol. The van der Waals surface area contributed by atoms with E-state index in [-0.39, 0.29) is 17.4 Å². The van der Waals surface area contributed by atoms with E-state index < -0.39 is 10.0 Å². The number of sulfonamides is 1. The number of nitrogens with one attached hydrogen (secondary N) is 1. The number of aryl methyl sites for hydroxylation is 1. The standard InChI is InChI=1S/C16H15N3O4S2/c1-10-4-2-3-5-13(10)23-9-15(20)19-16-18-12-7-6-11(25(17,21)22)8-14(12)24-16/h2-8H,9H2,1H3,(H2,17,21,22)(H,18,19,20). The van der Waals surface area contributed by atoms with E-state index in [4.69, 9.17) is 9.88 Å². The first-order chi connectivity index (χ1) is 11.8. The van der Waals surface area contributed by atoms with E-state index >= 15 is 0 Å². The summed E-state index contributed by atoms with van der Waals surface area (Å²) in [6.45, 7) is 1.74. The average Bonchev–Trinajstić information content (AvgIpc) is 2.94. The van der Waals surface area contributed by atoms with E-state index in [1.54, 1.807) is 12.1 Å². The number of hydrogen-bond donors (Lipinski definition) is 2. The number of thiazole rings is 1. The number of carbonyl (C=O) groups excluding carboxylic acids is 1. The third kappa shape index (κ3) is 4.13. The van der Waals surface area contributed by atoms with Crippen molar-refractivity contribution in [2.24, 2.45) is 5.14 Å². The molecule has 0 atom stereocenters. The quantitative estimate of drug-likeness (QED) is 0.708. The first kappa shape index (κ1) is 17.3. The van der Waals surface area contributed by atoms with Gasteiger partial charge in [-0.25, -0.2) is 18.5 Å². The van der Waals surface area contributed by atoms with Crippen LogP contribution >= 0.6 is 11.3 Å². The Bertz CT molecular complexity index is 1040. The van der Waals surface area contributed by atoms with Crippen molar-refractivity contribution >= 4 is 42.6 Å². The molecule has 0 bridgehead atoms. The van der Waals surface area contributed by atoms with Crippen molar-refractivity contribution in [3.05, 3.63) is 48.0 Å². The number of ether oxygens (including phenoxy) is 1. The van der Waals surface area contributed by atoms with Gasteiger partial charge in [-0.3, -0.25) is 10.1 Å². The zero-order chi connectivity index (χ0) is 18.0. The number of carbonyl (C=O) groups is 1. The summed E-state index contributed by atoms with van der Waals surface area (Å²) in [5.74, 6) is 0.286. The van der Waals surface area contributed by atoms with Crippen LogP contribution in [0, 0.1) is 6.92 Å². The van der Waals surface area contributed by atoms with Gasteiger partial charge in [0, 0.05) is 0 Å². The molecular formula is C16H15N3O4S2. The lowest BCUT2D eigenvalue weighted by Gasteiger charge is -2.07. The molecule has 3 N–H and O–H groups in total. The largest absolute Gasteiger partial charge is 0.483 e. The fraction of sp³-hybridized carbons (Fsp3) is 0.125. The van der Waals surface area contributed by atoms with Crippen LogP contribution < -0.4 is 15.2 Å². The highest BCUT2D eigenvalue weighted by atomic mass is 32.2. The van der Waals surface area contributed by atoms with Gasteiger partial charge in [0.25, 0.3) is 5.91 Å². The van der Waals surface area contributed by atoms with Crippen molar-refractivity contribution in [2.75, 3.05) is 11.9 Å². The molecule has 130 valence electrons. The highest BCUT2D eigenvalue weighted by Gasteiger charge is 2.13. The highest BCUT2D eigenvalue weighted by molar-refractivity contribution is 7.89. The summed E-state index contributed by atoms with van der Waals surface area (Å²) >= 11 is 1.16. The number of benzene rings is 2. The molecule has 0 saturated carbocycles. The maximum absolute atomic E-state index is 12.0. The molecule has 9 heteroatoms. The number of aromatic nitrogens is 1. The van der Waals surface area contributed by atoms with Crippen LogP contribution in [0.15, 0.2) is 47.4 Å². The number of para-hydroxylation sites is 1. The van der Waals surface area contributed by atoms with Gasteiger partial charge >= 0.3 is 0 Å². The number of hydrogen-bond acceptors (Lipinski definition) is 6. The summed E-state index contributed by atoms with van der Waals surface area (Å²) in [4.78, 5) is 16.3. The molecule has 0 spiro atoms. The van der Waals surface area contributed by atoms with Crippen LogP contribution in [0.25, 0.3) is 10.2 Å². The molecule has 1 heterocycles. The summed E-state index contributed by atoms with van der Waals surface area (Å²) in [6.07, 6.45) is 0. The molecule has 0 unspecified atom stereocenters. The predicted octanol–water partition coefficient (Wildman–Crippen LogP) is 2.27. The van der Waals surface area contributed by atoms with Crippen LogP contribution in [0.3, 0.4) is 0 Å². The van der Waals surface area contributed by atoms with Crippen molar-refractivity contribution in [3.8, 4) is 5.75 Å². The van der Waals surface area contributed by atoms with E-state index in [9.17, 15) is 13.2 Å². The Balaban J connectivity index is 1.70. The Kier molecular flexibility index (Phi) is 4.71. The zero-order valence-corrected chi connectivity index (χ0v) is 14.9. The number of nitrogens with two attached hydrogens (primary N) is 1. The molecule has 1 aromatic heterocycles. The van der Waals surface area contributed by atoms with Crippen LogP contribution in [0.4, 0.5) is 5.13 Å². The number of nitrogens with zero attached hydrogens (tertiary/aromatic N) is 1. The Labute approximate surface area is 148 Å². The van der Waals surface area contributed by atoms with Gasteiger partial charge in [0.1, 0.15) is 5.75 Å². The second kappa shape index (κ2) is 6.79. The first-order valence-corrected chi connectivity index (χ1v) is 9.61. The Morgan fingerprint density at radius 3 is 2.76 bits per heavy atom. The van der Waals surface area contributed by atoms with Crippen molar-refractivity contribution < 1.29 is 17.9 Å². The van der Waals surface area contributed by atoms with E-state index in [0.717, 1.165) is 16.9 Å². The SMILES string of the molecule is Cc1ccccc1OCC(=O)Nc1nc2ccc(S(N)(=O)=O)cc2s1. The molecule has 3 rings (SSSR count). The number of fused-ring (bicyclic) bond motifs is 1. The second-order valence-corrected chi connectivity index (χ2v) is 7.89. The second-order valence-electron chi connectivity index (χ2n) is 5.30. The fourth-order valence-corrected chi connectivity index (χ4v) is 3.69. The van der Waals surface area contributed by atoms with Gasteiger partial charge in [-0.05, 0) is 36.8 Å². The average molecular weight is 377 g/mol. The van der Waals surface area contributed by atoms with Crippen LogP contribution in [-0.2, 0) is 14.8 Å². The molecule has 1 amide bonds. The van der Waals surface area contributed by atoms with Crippen LogP contribution in [0.1, 0.15) is 5.56 Å². The first-order valence-electron chi connectivity index (χ1n) is 7.24. The lowest BCUT2D eigenvalue weighted by Crippen LogP contribution is -2.20. The minimum atomic E-state index is -3.78. The molecule has 2 aromatic carbocycles. The minimum absolute atomic E-state index is 0.00409. The summed E-state index contributed by atoms with van der Waals surface area (Å²) in [7, 11) is -3.78. The smallest absolute Gasteiger partial charge is 0.264 e. The zero-order valence-electron chi connectivity index (χ0n) is 13.2. The van der Waals surface area contributed by atoms with E-state index in [1.807, 2.05) is 25.1 Å². The molecule has 0 radical (unpaired) electrons. The van der Waals surface area contributed by atoms with Crippen LogP contribution in [0.2, 0.25) is 0 Å². The Hall–Kier alpha value is -2.49. The van der Waals surface area contributed by atoms with Gasteiger partial charge in [0.15, 0.2) is 11.7 Å². The summed E-state index contributed by atoms with van der Waals surface area (Å²) < 4.78 is 28.9. The van der Waals surface area contributed by atoms with Gasteiger partial charge in [-0.1, -0.05) is 29.5 Å². The molecule has 0 aliphatic heterocycles. The van der Waals surface area contributed by atoms with Gasteiger partial charge in [0.05, 0.1) is 15.1 Å². The maximum Gasteiger partial charge on any atom is 0.264 e. The fourth-order valence-electron chi connectivity index (χ4n) is 2.15. The third-order valence-corrected chi connectivity index (χ3v) is 5.23. The third-order valence-electron chi connectivity index (χ3n) is 3.39. The Morgan fingerprint density at radius 2 is 2.04 bits per heavy atom. The van der Waals surface area contributed by atoms with E-state index in [2.05, 4.69) is 10.3 Å². The Morgan fingerprint density at radius 1 is 1.28 bits per heavy atom. The van der Waals surface area contributed by atoms with Crippen molar-refractivity contribution in [1.82, 2.24) is 4.98 Å². The van der Waals surface area contributed by atoms with Gasteiger partial charge in [0.2, 0.25) is 10.0 Å². The molecule has 0 fully saturated rings. The molecule has 0 aliphatic carbocycles. The van der Waals surface area contributed by atoms with Crippen LogP contribution in [0.5, 0.6) is 5.75 Å². The van der Waals surface area contributed by atoms with Crippen molar-refractivity contribution in [2.45, 2.75) is 11.8 Å². The van der Waals surface area contributed by atoms with E-state index in [0.29, 0.717) is 21.1 Å². The lowest BCUT2D eigenvalue weighted by atomic mass is 10.2. The minimum Gasteiger partial charge on any atom is -0.483 e. The molecular weight excluding hydrogens is 362 g/mol. The van der Waals surface area contributed by atoms with Crippen LogP contribution in [-0.4, -0.2) is 25.9 Å². The number of anilines is 1. The molecule has 0 saturated heterocycles. The molecule has 25 heavy (non-hydrogen) atoms. The number of rotatable bonds is 5. The summed E-state index contributed by atoms with van der Waals surface area (Å²) in [6, 6.07) is 11.8. The molecule has 7 nitrogen and oxygen atoms in total. The van der Waals surface area contributed by atoms with E-state index in [1.165, 1.54) is 12.1 Å². The van der Waals surface area contributed by atoms with Crippen molar-refractivity contribution in [3.63, 3.8) is 0 Å². The van der Waals surface area contributed by atoms with Gasteiger partial charge in [-0.15, -0.1) is 0 Å². The normalized spacial score (nSPS) is 11.4. The number of primary sulfonamides is 1. The van der Waals surface area contributed by atoms with Crippen molar-refractivity contribution in [1.29, 1.82) is 0 Å². The number of amides is 1. The lowest BCUT2D eigenvalue weighted by molar-refractivity contribution is -0.118. The van der Waals surface area contributed by atoms with Gasteiger partial charge in [-0.2, -0.15) is 0 Å². The summed E-state index contributed by atoms with van der Waals surface area (Å²) in [5, 5.41) is 8.12. The van der Waals surface area contributed by atoms with Gasteiger partial charge < -0.3 is 4.74 Å². The monoisotopic (exact) mass is 377 g/mol. The molecule has 3 aromatic rings.